The Labute approximate surface area is 167 Å². The Morgan fingerprint density at radius 2 is 1.89 bits per heavy atom. The highest BCUT2D eigenvalue weighted by molar-refractivity contribution is 5.89. The van der Waals surface area contributed by atoms with Crippen LogP contribution in [0.15, 0.2) is 24.3 Å². The third-order valence-corrected chi connectivity index (χ3v) is 5.63. The average Bonchev–Trinajstić information content (AvgIpc) is 2.74. The van der Waals surface area contributed by atoms with Gasteiger partial charge in [-0.05, 0) is 37.5 Å². The largest absolute Gasteiger partial charge is 0.379 e. The van der Waals surface area contributed by atoms with Crippen molar-refractivity contribution < 1.29 is 14.3 Å². The standard InChI is InChI=1S/C21H32N4O3/c1-3-20(26)22-19-5-4-10-25(15-19)21(27)23-18-8-6-17(7-9-18)16(2)24-11-13-28-14-12-24/h6-9,16,19H,3-5,10-15H2,1-2H3,(H,22,26)(H,23,27). The number of morpholine rings is 1. The van der Waals surface area contributed by atoms with E-state index in [1.807, 2.05) is 19.1 Å². The Balaban J connectivity index is 1.53. The molecular formula is C21H32N4O3. The fraction of sp³-hybridized carbons (Fsp3) is 0.619. The number of amides is 3. The fourth-order valence-corrected chi connectivity index (χ4v) is 3.83. The Kier molecular flexibility index (Phi) is 7.28. The van der Waals surface area contributed by atoms with E-state index in [0.29, 0.717) is 19.0 Å². The van der Waals surface area contributed by atoms with Crippen molar-refractivity contribution >= 4 is 17.6 Å². The van der Waals surface area contributed by atoms with Crippen LogP contribution in [-0.4, -0.2) is 67.2 Å². The monoisotopic (exact) mass is 388 g/mol. The van der Waals surface area contributed by atoms with Crippen molar-refractivity contribution in [2.45, 2.75) is 45.2 Å². The summed E-state index contributed by atoms with van der Waals surface area (Å²) < 4.78 is 5.42. The van der Waals surface area contributed by atoms with Gasteiger partial charge >= 0.3 is 6.03 Å². The van der Waals surface area contributed by atoms with Crippen LogP contribution in [0.5, 0.6) is 0 Å². The van der Waals surface area contributed by atoms with Crippen molar-refractivity contribution in [3.63, 3.8) is 0 Å². The van der Waals surface area contributed by atoms with Crippen LogP contribution in [0.1, 0.15) is 44.7 Å². The number of ether oxygens (including phenoxy) is 1. The van der Waals surface area contributed by atoms with E-state index in [9.17, 15) is 9.59 Å². The number of hydrogen-bond donors (Lipinski definition) is 2. The lowest BCUT2D eigenvalue weighted by Gasteiger charge is -2.33. The van der Waals surface area contributed by atoms with E-state index in [2.05, 4.69) is 34.6 Å². The maximum Gasteiger partial charge on any atom is 0.321 e. The van der Waals surface area contributed by atoms with E-state index in [1.54, 1.807) is 4.90 Å². The van der Waals surface area contributed by atoms with Crippen LogP contribution in [0.4, 0.5) is 10.5 Å². The molecule has 2 aliphatic heterocycles. The van der Waals surface area contributed by atoms with E-state index in [4.69, 9.17) is 4.74 Å². The van der Waals surface area contributed by atoms with Gasteiger partial charge in [-0.3, -0.25) is 9.69 Å². The Bertz CT molecular complexity index is 658. The van der Waals surface area contributed by atoms with E-state index < -0.39 is 0 Å². The first-order valence-corrected chi connectivity index (χ1v) is 10.3. The molecule has 2 aliphatic rings. The molecule has 7 heteroatoms. The molecule has 2 fully saturated rings. The molecule has 3 rings (SSSR count). The number of carbonyl (C=O) groups is 2. The van der Waals surface area contributed by atoms with Crippen LogP contribution in [0, 0.1) is 0 Å². The van der Waals surface area contributed by atoms with Crippen molar-refractivity contribution in [1.29, 1.82) is 0 Å². The van der Waals surface area contributed by atoms with E-state index >= 15 is 0 Å². The average molecular weight is 389 g/mol. The zero-order valence-corrected chi connectivity index (χ0v) is 16.9. The zero-order valence-electron chi connectivity index (χ0n) is 16.9. The SMILES string of the molecule is CCC(=O)NC1CCCN(C(=O)Nc2ccc(C(C)N3CCOCC3)cc2)C1. The van der Waals surface area contributed by atoms with Crippen LogP contribution in [0.25, 0.3) is 0 Å². The second kappa shape index (κ2) is 9.89. The molecule has 154 valence electrons. The molecule has 7 nitrogen and oxygen atoms in total. The summed E-state index contributed by atoms with van der Waals surface area (Å²) in [4.78, 5) is 28.4. The lowest BCUT2D eigenvalue weighted by Crippen LogP contribution is -2.50. The van der Waals surface area contributed by atoms with Gasteiger partial charge in [-0.2, -0.15) is 0 Å². The summed E-state index contributed by atoms with van der Waals surface area (Å²) in [6, 6.07) is 8.35. The molecule has 0 aliphatic carbocycles. The number of hydrogen-bond acceptors (Lipinski definition) is 4. The van der Waals surface area contributed by atoms with E-state index in [0.717, 1.165) is 51.4 Å². The summed E-state index contributed by atoms with van der Waals surface area (Å²) in [5.74, 6) is 0.0391. The summed E-state index contributed by atoms with van der Waals surface area (Å²) in [5, 5.41) is 5.98. The Morgan fingerprint density at radius 1 is 1.18 bits per heavy atom. The van der Waals surface area contributed by atoms with Crippen molar-refractivity contribution in [2.24, 2.45) is 0 Å². The smallest absolute Gasteiger partial charge is 0.321 e. The van der Waals surface area contributed by atoms with Gasteiger partial charge in [0.15, 0.2) is 0 Å². The molecule has 2 saturated heterocycles. The first kappa shape index (κ1) is 20.6. The van der Waals surface area contributed by atoms with Crippen LogP contribution < -0.4 is 10.6 Å². The molecule has 2 N–H and O–H groups in total. The minimum Gasteiger partial charge on any atom is -0.379 e. The van der Waals surface area contributed by atoms with Crippen molar-refractivity contribution in [3.8, 4) is 0 Å². The molecule has 0 radical (unpaired) electrons. The van der Waals surface area contributed by atoms with Gasteiger partial charge in [0.25, 0.3) is 0 Å². The van der Waals surface area contributed by atoms with Gasteiger partial charge in [0.1, 0.15) is 0 Å². The maximum absolute atomic E-state index is 12.6. The third-order valence-electron chi connectivity index (χ3n) is 5.63. The molecule has 1 aromatic rings. The number of carbonyl (C=O) groups excluding carboxylic acids is 2. The van der Waals surface area contributed by atoms with Gasteiger partial charge in [-0.25, -0.2) is 4.79 Å². The highest BCUT2D eigenvalue weighted by Crippen LogP contribution is 2.23. The molecule has 0 bridgehead atoms. The van der Waals surface area contributed by atoms with Gasteiger partial charge < -0.3 is 20.3 Å². The van der Waals surface area contributed by atoms with Crippen LogP contribution in [-0.2, 0) is 9.53 Å². The quantitative estimate of drug-likeness (QED) is 0.813. The lowest BCUT2D eigenvalue weighted by molar-refractivity contribution is -0.121. The summed E-state index contributed by atoms with van der Waals surface area (Å²) >= 11 is 0. The molecule has 2 heterocycles. The predicted octanol–water partition coefficient (Wildman–Crippen LogP) is 2.60. The molecule has 0 aromatic heterocycles. The number of urea groups is 1. The molecule has 1 aromatic carbocycles. The molecule has 2 unspecified atom stereocenters. The molecule has 0 saturated carbocycles. The van der Waals surface area contributed by atoms with Crippen LogP contribution in [0.3, 0.4) is 0 Å². The normalized spacial score (nSPS) is 21.8. The van der Waals surface area contributed by atoms with Crippen molar-refractivity contribution in [3.05, 3.63) is 29.8 Å². The summed E-state index contributed by atoms with van der Waals surface area (Å²) in [6.45, 7) is 8.79. The second-order valence-electron chi connectivity index (χ2n) is 7.58. The first-order chi connectivity index (χ1) is 13.6. The van der Waals surface area contributed by atoms with Gasteiger partial charge in [0.05, 0.1) is 13.2 Å². The Hall–Kier alpha value is -2.12. The predicted molar refractivity (Wildman–Crippen MR) is 109 cm³/mol. The topological polar surface area (TPSA) is 73.9 Å². The van der Waals surface area contributed by atoms with E-state index in [1.165, 1.54) is 5.56 Å². The van der Waals surface area contributed by atoms with Gasteiger partial charge in [-0.1, -0.05) is 19.1 Å². The summed E-state index contributed by atoms with van der Waals surface area (Å²) in [6.07, 6.45) is 2.29. The summed E-state index contributed by atoms with van der Waals surface area (Å²) in [7, 11) is 0. The number of likely N-dealkylation sites (tertiary alicyclic amines) is 1. The summed E-state index contributed by atoms with van der Waals surface area (Å²) in [5.41, 5.74) is 2.03. The molecule has 2 atom stereocenters. The van der Waals surface area contributed by atoms with Crippen molar-refractivity contribution in [2.75, 3.05) is 44.7 Å². The van der Waals surface area contributed by atoms with Crippen LogP contribution >= 0.6 is 0 Å². The number of rotatable bonds is 5. The molecule has 3 amide bonds. The highest BCUT2D eigenvalue weighted by atomic mass is 16.5. The molecule has 28 heavy (non-hydrogen) atoms. The van der Waals surface area contributed by atoms with Gasteiger partial charge in [0.2, 0.25) is 5.91 Å². The van der Waals surface area contributed by atoms with Gasteiger partial charge in [-0.15, -0.1) is 0 Å². The zero-order chi connectivity index (χ0) is 19.9. The lowest BCUT2D eigenvalue weighted by atomic mass is 10.1. The number of piperidine rings is 1. The minimum absolute atomic E-state index is 0.0391. The van der Waals surface area contributed by atoms with E-state index in [-0.39, 0.29) is 18.0 Å². The number of benzene rings is 1. The third kappa shape index (κ3) is 5.45. The number of anilines is 1. The van der Waals surface area contributed by atoms with Crippen LogP contribution in [0.2, 0.25) is 0 Å². The first-order valence-electron chi connectivity index (χ1n) is 10.3. The minimum atomic E-state index is -0.107. The number of nitrogens with zero attached hydrogens (tertiary/aromatic N) is 2. The maximum atomic E-state index is 12.6. The second-order valence-corrected chi connectivity index (χ2v) is 7.58. The fourth-order valence-electron chi connectivity index (χ4n) is 3.83. The number of nitrogens with one attached hydrogen (secondary N) is 2. The Morgan fingerprint density at radius 3 is 2.57 bits per heavy atom. The van der Waals surface area contributed by atoms with Gasteiger partial charge in [0, 0.05) is 50.4 Å². The molecule has 0 spiro atoms. The van der Waals surface area contributed by atoms with Crippen molar-refractivity contribution in [1.82, 2.24) is 15.1 Å². The molecular weight excluding hydrogens is 356 g/mol. The highest BCUT2D eigenvalue weighted by Gasteiger charge is 2.24.